The van der Waals surface area contributed by atoms with Crippen LogP contribution in [0.3, 0.4) is 0 Å². The fourth-order valence-corrected chi connectivity index (χ4v) is 3.63. The van der Waals surface area contributed by atoms with Crippen molar-refractivity contribution in [3.05, 3.63) is 77.9 Å². The number of hydrogen-bond donors (Lipinski definition) is 2. The predicted molar refractivity (Wildman–Crippen MR) is 126 cm³/mol. The van der Waals surface area contributed by atoms with Crippen LogP contribution in [0.2, 0.25) is 0 Å². The number of aliphatic hydroxyl groups is 1. The largest absolute Gasteiger partial charge is 0.494 e. The van der Waals surface area contributed by atoms with E-state index in [0.29, 0.717) is 37.6 Å². The molecule has 2 aromatic carbocycles. The molecule has 2 atom stereocenters. The number of amides is 1. The van der Waals surface area contributed by atoms with Gasteiger partial charge in [0, 0.05) is 31.6 Å². The molecule has 0 aliphatic carbocycles. The van der Waals surface area contributed by atoms with Crippen LogP contribution >= 0.6 is 0 Å². The number of aliphatic imine (C=N–C) groups is 1. The molecule has 0 unspecified atom stereocenters. The van der Waals surface area contributed by atoms with E-state index in [1.165, 1.54) is 11.1 Å². The quantitative estimate of drug-likeness (QED) is 0.417. The maximum atomic E-state index is 13.2. The first kappa shape index (κ1) is 23.5. The molecule has 0 spiro atoms. The van der Waals surface area contributed by atoms with E-state index in [4.69, 9.17) is 19.6 Å². The molecule has 6 heteroatoms. The number of benzene rings is 2. The summed E-state index contributed by atoms with van der Waals surface area (Å²) in [5.74, 6) is 0.992. The second-order valence-electron chi connectivity index (χ2n) is 8.04. The molecule has 2 N–H and O–H groups in total. The van der Waals surface area contributed by atoms with Gasteiger partial charge in [-0.2, -0.15) is 0 Å². The van der Waals surface area contributed by atoms with Crippen LogP contribution in [-0.2, 0) is 16.0 Å². The van der Waals surface area contributed by atoms with E-state index in [9.17, 15) is 4.79 Å². The lowest BCUT2D eigenvalue weighted by molar-refractivity contribution is -0.128. The molecule has 0 saturated heterocycles. The van der Waals surface area contributed by atoms with E-state index in [1.54, 1.807) is 6.08 Å². The van der Waals surface area contributed by atoms with Gasteiger partial charge in [-0.1, -0.05) is 35.9 Å². The van der Waals surface area contributed by atoms with Gasteiger partial charge < -0.3 is 19.9 Å². The van der Waals surface area contributed by atoms with Crippen LogP contribution in [0.15, 0.2) is 66.2 Å². The third-order valence-corrected chi connectivity index (χ3v) is 5.60. The molecule has 1 heterocycles. The summed E-state index contributed by atoms with van der Waals surface area (Å²) in [6, 6.07) is 15.7. The Morgan fingerprint density at radius 2 is 1.97 bits per heavy atom. The first-order chi connectivity index (χ1) is 15.5. The fourth-order valence-electron chi connectivity index (χ4n) is 3.63. The highest BCUT2D eigenvalue weighted by Gasteiger charge is 2.49. The third-order valence-electron chi connectivity index (χ3n) is 5.60. The van der Waals surface area contributed by atoms with Gasteiger partial charge in [0.25, 0.3) is 5.91 Å². The molecule has 6 nitrogen and oxygen atoms in total. The van der Waals surface area contributed by atoms with Gasteiger partial charge in [-0.3, -0.25) is 4.79 Å². The van der Waals surface area contributed by atoms with Gasteiger partial charge >= 0.3 is 0 Å². The Morgan fingerprint density at radius 1 is 1.25 bits per heavy atom. The van der Waals surface area contributed by atoms with Crippen LogP contribution in [0.25, 0.3) is 0 Å². The lowest BCUT2D eigenvalue weighted by atomic mass is 9.89. The van der Waals surface area contributed by atoms with Crippen LogP contribution < -0.4 is 10.1 Å². The molecule has 1 aliphatic heterocycles. The van der Waals surface area contributed by atoms with Crippen LogP contribution in [-0.4, -0.2) is 48.3 Å². The van der Waals surface area contributed by atoms with Crippen molar-refractivity contribution < 1.29 is 19.4 Å². The van der Waals surface area contributed by atoms with Gasteiger partial charge in [-0.25, -0.2) is 4.99 Å². The van der Waals surface area contributed by atoms with Crippen molar-refractivity contribution >= 4 is 11.8 Å². The Hall–Kier alpha value is -3.12. The van der Waals surface area contributed by atoms with E-state index in [-0.39, 0.29) is 12.5 Å². The number of aryl methyl sites for hydroxylation is 1. The summed E-state index contributed by atoms with van der Waals surface area (Å²) in [4.78, 5) is 17.9. The molecule has 0 radical (unpaired) electrons. The van der Waals surface area contributed by atoms with E-state index < -0.39 is 11.6 Å². The van der Waals surface area contributed by atoms with Crippen LogP contribution in [0.5, 0.6) is 5.75 Å². The predicted octanol–water partition coefficient (Wildman–Crippen LogP) is 3.60. The van der Waals surface area contributed by atoms with E-state index >= 15 is 0 Å². The van der Waals surface area contributed by atoms with Crippen molar-refractivity contribution in [3.8, 4) is 5.75 Å². The third kappa shape index (κ3) is 5.56. The van der Waals surface area contributed by atoms with Gasteiger partial charge in [0.05, 0.1) is 6.61 Å². The normalized spacial score (nSPS) is 19.7. The summed E-state index contributed by atoms with van der Waals surface area (Å²) in [6.07, 6.45) is 3.01. The molecular formula is C26H32N2O4. The van der Waals surface area contributed by atoms with Crippen molar-refractivity contribution in [1.82, 2.24) is 5.32 Å². The lowest BCUT2D eigenvalue weighted by Crippen LogP contribution is -2.51. The summed E-state index contributed by atoms with van der Waals surface area (Å²) < 4.78 is 11.6. The molecule has 0 bridgehead atoms. The molecule has 170 valence electrons. The monoisotopic (exact) mass is 436 g/mol. The number of nitrogens with zero attached hydrogens (tertiary/aromatic N) is 1. The van der Waals surface area contributed by atoms with Gasteiger partial charge in [0.15, 0.2) is 5.54 Å². The Labute approximate surface area is 190 Å². The molecule has 1 amide bonds. The van der Waals surface area contributed by atoms with Crippen molar-refractivity contribution in [2.24, 2.45) is 4.99 Å². The Bertz CT molecular complexity index is 937. The van der Waals surface area contributed by atoms with Crippen molar-refractivity contribution in [2.45, 2.75) is 44.8 Å². The first-order valence-electron chi connectivity index (χ1n) is 11.0. The average molecular weight is 437 g/mol. The van der Waals surface area contributed by atoms with Gasteiger partial charge in [-0.05, 0) is 50.1 Å². The Balaban J connectivity index is 1.69. The number of rotatable bonds is 11. The molecule has 0 saturated carbocycles. The van der Waals surface area contributed by atoms with Crippen LogP contribution in [0.4, 0.5) is 0 Å². The Morgan fingerprint density at radius 3 is 2.62 bits per heavy atom. The first-order valence-corrected chi connectivity index (χ1v) is 11.0. The van der Waals surface area contributed by atoms with Crippen LogP contribution in [0.1, 0.15) is 36.5 Å². The molecular weight excluding hydrogens is 404 g/mol. The molecule has 2 aromatic rings. The zero-order valence-electron chi connectivity index (χ0n) is 18.8. The van der Waals surface area contributed by atoms with Crippen LogP contribution in [0, 0.1) is 6.92 Å². The second-order valence-corrected chi connectivity index (χ2v) is 8.04. The van der Waals surface area contributed by atoms with Gasteiger partial charge in [-0.15, -0.1) is 6.58 Å². The zero-order valence-corrected chi connectivity index (χ0v) is 18.8. The summed E-state index contributed by atoms with van der Waals surface area (Å²) in [6.45, 7) is 8.83. The average Bonchev–Trinajstić information content (AvgIpc) is 3.13. The summed E-state index contributed by atoms with van der Waals surface area (Å²) in [5, 5.41) is 11.9. The van der Waals surface area contributed by atoms with E-state index in [1.807, 2.05) is 31.2 Å². The number of carbonyl (C=O) groups is 1. The number of carbonyl (C=O) groups excluding carboxylic acids is 1. The minimum atomic E-state index is -1.04. The fraction of sp³-hybridized carbons (Fsp3) is 0.385. The highest BCUT2D eigenvalue weighted by Crippen LogP contribution is 2.32. The van der Waals surface area contributed by atoms with Crippen molar-refractivity contribution in [2.75, 3.05) is 19.8 Å². The number of ether oxygens (including phenoxy) is 2. The molecule has 32 heavy (non-hydrogen) atoms. The smallest absolute Gasteiger partial charge is 0.252 e. The van der Waals surface area contributed by atoms with Gasteiger partial charge in [0.1, 0.15) is 11.9 Å². The zero-order chi connectivity index (χ0) is 23.0. The molecule has 3 rings (SSSR count). The highest BCUT2D eigenvalue weighted by molar-refractivity contribution is 6.00. The maximum absolute atomic E-state index is 13.2. The second kappa shape index (κ2) is 11.0. The lowest BCUT2D eigenvalue weighted by Gasteiger charge is -2.26. The number of hydrogen-bond acceptors (Lipinski definition) is 5. The summed E-state index contributed by atoms with van der Waals surface area (Å²) in [7, 11) is 0. The summed E-state index contributed by atoms with van der Waals surface area (Å²) in [5.41, 5.74) is 2.13. The Kier molecular flexibility index (Phi) is 8.06. The number of nitrogens with one attached hydrogen (secondary N) is 1. The SMILES string of the molecule is C=CC[C@@]1(C(=O)NCCc2ccc(C)cc2)N=C(c2ccc(OCCCO)cc2)O[C@@H]1C. The standard InChI is InChI=1S/C26H32N2O4/c1-4-15-26(25(30)27-16-14-21-8-6-19(2)7-9-21)20(3)32-24(28-26)22-10-12-23(13-11-22)31-18-5-17-29/h4,6-13,20,29H,1,5,14-18H2,2-3H3,(H,27,30)/t20-,26-/m1/s1. The molecule has 1 aliphatic rings. The summed E-state index contributed by atoms with van der Waals surface area (Å²) >= 11 is 0. The topological polar surface area (TPSA) is 80.2 Å². The van der Waals surface area contributed by atoms with Crippen molar-refractivity contribution in [1.29, 1.82) is 0 Å². The van der Waals surface area contributed by atoms with Gasteiger partial charge in [0.2, 0.25) is 5.90 Å². The maximum Gasteiger partial charge on any atom is 0.252 e. The molecule has 0 fully saturated rings. The molecule has 0 aromatic heterocycles. The highest BCUT2D eigenvalue weighted by atomic mass is 16.5. The van der Waals surface area contributed by atoms with Crippen molar-refractivity contribution in [3.63, 3.8) is 0 Å². The van der Waals surface area contributed by atoms with E-state index in [0.717, 1.165) is 12.0 Å². The number of aliphatic hydroxyl groups excluding tert-OH is 1. The minimum Gasteiger partial charge on any atom is -0.494 e. The minimum absolute atomic E-state index is 0.0963. The van der Waals surface area contributed by atoms with E-state index in [2.05, 4.69) is 43.1 Å².